The molecule has 1 N–H and O–H groups in total. The molecular formula is C13H17BrFNO4S. The Balaban J connectivity index is 2.68. The zero-order valence-electron chi connectivity index (χ0n) is 11.6. The zero-order chi connectivity index (χ0) is 16.0. The molecule has 0 aliphatic rings. The number of carboxylic acid groups (broad SMARTS) is 1. The quantitative estimate of drug-likeness (QED) is 0.744. The lowest BCUT2D eigenvalue weighted by Crippen LogP contribution is -2.31. The first-order valence-corrected chi connectivity index (χ1v) is 8.93. The van der Waals surface area contributed by atoms with Crippen LogP contribution in [0.5, 0.6) is 0 Å². The summed E-state index contributed by atoms with van der Waals surface area (Å²) in [6.07, 6.45) is 0. The van der Waals surface area contributed by atoms with Crippen LogP contribution < -0.4 is 0 Å². The van der Waals surface area contributed by atoms with Crippen LogP contribution in [0.15, 0.2) is 22.7 Å². The Labute approximate surface area is 131 Å². The van der Waals surface area contributed by atoms with E-state index in [9.17, 15) is 17.6 Å². The van der Waals surface area contributed by atoms with Gasteiger partial charge in [-0.05, 0) is 24.7 Å². The molecule has 0 radical (unpaired) electrons. The number of aliphatic carboxylic acids is 1. The van der Waals surface area contributed by atoms with Crippen LogP contribution in [0, 0.1) is 5.82 Å². The lowest BCUT2D eigenvalue weighted by molar-refractivity contribution is -0.134. The molecule has 0 atom stereocenters. The van der Waals surface area contributed by atoms with E-state index in [1.807, 2.05) is 6.92 Å². The Morgan fingerprint density at radius 3 is 2.67 bits per heavy atom. The molecule has 0 aromatic heterocycles. The van der Waals surface area contributed by atoms with Crippen molar-refractivity contribution in [3.63, 3.8) is 0 Å². The standard InChI is InChI=1S/C13H17BrFNO4S/c1-2-16(5-6-21(19,20)9-13(17)18)8-10-7-11(14)3-4-12(10)15/h3-4,7H,2,5-6,8-9H2,1H3,(H,17,18). The molecule has 8 heteroatoms. The van der Waals surface area contributed by atoms with Crippen molar-refractivity contribution in [1.82, 2.24) is 4.90 Å². The first-order valence-electron chi connectivity index (χ1n) is 6.32. The van der Waals surface area contributed by atoms with Crippen molar-refractivity contribution < 1.29 is 22.7 Å². The van der Waals surface area contributed by atoms with Crippen LogP contribution >= 0.6 is 15.9 Å². The number of hydrogen-bond donors (Lipinski definition) is 1. The molecule has 118 valence electrons. The fraction of sp³-hybridized carbons (Fsp3) is 0.462. The number of carboxylic acids is 1. The second-order valence-corrected chi connectivity index (χ2v) is 7.69. The monoisotopic (exact) mass is 381 g/mol. The van der Waals surface area contributed by atoms with Gasteiger partial charge in [-0.2, -0.15) is 0 Å². The number of benzene rings is 1. The van der Waals surface area contributed by atoms with Gasteiger partial charge in [-0.25, -0.2) is 12.8 Å². The van der Waals surface area contributed by atoms with E-state index in [-0.39, 0.29) is 24.7 Å². The lowest BCUT2D eigenvalue weighted by Gasteiger charge is -2.20. The molecule has 5 nitrogen and oxygen atoms in total. The molecule has 0 amide bonds. The molecule has 1 rings (SSSR count). The Morgan fingerprint density at radius 2 is 2.10 bits per heavy atom. The minimum Gasteiger partial charge on any atom is -0.480 e. The summed E-state index contributed by atoms with van der Waals surface area (Å²) in [7, 11) is -3.64. The van der Waals surface area contributed by atoms with E-state index in [1.165, 1.54) is 6.07 Å². The third-order valence-corrected chi connectivity index (χ3v) is 4.90. The van der Waals surface area contributed by atoms with Gasteiger partial charge in [0.05, 0.1) is 5.75 Å². The molecule has 0 saturated carbocycles. The molecule has 0 spiro atoms. The zero-order valence-corrected chi connectivity index (χ0v) is 14.0. The number of rotatable bonds is 8. The maximum absolute atomic E-state index is 13.7. The van der Waals surface area contributed by atoms with E-state index in [1.54, 1.807) is 17.0 Å². The van der Waals surface area contributed by atoms with Crippen molar-refractivity contribution in [3.05, 3.63) is 34.1 Å². The Morgan fingerprint density at radius 1 is 1.43 bits per heavy atom. The highest BCUT2D eigenvalue weighted by atomic mass is 79.9. The van der Waals surface area contributed by atoms with Crippen LogP contribution in [0.4, 0.5) is 4.39 Å². The number of sulfone groups is 1. The molecule has 0 aliphatic carbocycles. The van der Waals surface area contributed by atoms with Crippen molar-refractivity contribution in [3.8, 4) is 0 Å². The van der Waals surface area contributed by atoms with Crippen molar-refractivity contribution in [2.75, 3.05) is 24.6 Å². The normalized spacial score (nSPS) is 11.8. The van der Waals surface area contributed by atoms with Crippen LogP contribution in [-0.2, 0) is 21.2 Å². The summed E-state index contributed by atoms with van der Waals surface area (Å²) in [5, 5.41) is 8.53. The predicted molar refractivity (Wildman–Crippen MR) is 81.3 cm³/mol. The topological polar surface area (TPSA) is 74.7 Å². The van der Waals surface area contributed by atoms with Crippen molar-refractivity contribution in [1.29, 1.82) is 0 Å². The van der Waals surface area contributed by atoms with E-state index < -0.39 is 21.6 Å². The minimum atomic E-state index is -3.64. The molecule has 1 aromatic rings. The number of halogens is 2. The van der Waals surface area contributed by atoms with Gasteiger partial charge in [-0.3, -0.25) is 9.69 Å². The first-order chi connectivity index (χ1) is 9.73. The van der Waals surface area contributed by atoms with Gasteiger partial charge in [0.15, 0.2) is 9.84 Å². The maximum Gasteiger partial charge on any atom is 0.318 e. The van der Waals surface area contributed by atoms with Gasteiger partial charge < -0.3 is 5.11 Å². The number of nitrogens with zero attached hydrogens (tertiary/aromatic N) is 1. The fourth-order valence-corrected chi connectivity index (χ4v) is 3.25. The molecular weight excluding hydrogens is 365 g/mol. The van der Waals surface area contributed by atoms with Crippen LogP contribution in [0.2, 0.25) is 0 Å². The summed E-state index contributed by atoms with van der Waals surface area (Å²) in [6.45, 7) is 2.80. The average Bonchev–Trinajstić information content (AvgIpc) is 2.37. The summed E-state index contributed by atoms with van der Waals surface area (Å²) in [4.78, 5) is 12.2. The van der Waals surface area contributed by atoms with Crippen LogP contribution in [0.25, 0.3) is 0 Å². The molecule has 0 bridgehead atoms. The van der Waals surface area contributed by atoms with Gasteiger partial charge in [0, 0.05) is 23.1 Å². The van der Waals surface area contributed by atoms with Crippen LogP contribution in [0.3, 0.4) is 0 Å². The largest absolute Gasteiger partial charge is 0.480 e. The highest BCUT2D eigenvalue weighted by Gasteiger charge is 2.18. The van der Waals surface area contributed by atoms with Gasteiger partial charge in [-0.15, -0.1) is 0 Å². The maximum atomic E-state index is 13.7. The fourth-order valence-electron chi connectivity index (χ4n) is 1.78. The first kappa shape index (κ1) is 18.1. The average molecular weight is 382 g/mol. The highest BCUT2D eigenvalue weighted by Crippen LogP contribution is 2.17. The van der Waals surface area contributed by atoms with Gasteiger partial charge >= 0.3 is 5.97 Å². The Kier molecular flexibility index (Phi) is 6.76. The highest BCUT2D eigenvalue weighted by molar-refractivity contribution is 9.10. The van der Waals surface area contributed by atoms with Crippen LogP contribution in [0.1, 0.15) is 12.5 Å². The smallest absolute Gasteiger partial charge is 0.318 e. The molecule has 0 saturated heterocycles. The van der Waals surface area contributed by atoms with Gasteiger partial charge in [0.1, 0.15) is 11.6 Å². The molecule has 21 heavy (non-hydrogen) atoms. The van der Waals surface area contributed by atoms with Crippen molar-refractivity contribution in [2.45, 2.75) is 13.5 Å². The third kappa shape index (κ3) is 6.54. The summed E-state index contributed by atoms with van der Waals surface area (Å²) >= 11 is 3.26. The number of carbonyl (C=O) groups is 1. The third-order valence-electron chi connectivity index (χ3n) is 2.91. The van der Waals surface area contributed by atoms with E-state index >= 15 is 0 Å². The van der Waals surface area contributed by atoms with Crippen molar-refractivity contribution in [2.24, 2.45) is 0 Å². The second kappa shape index (κ2) is 7.86. The Hall–Kier alpha value is -0.990. The minimum absolute atomic E-state index is 0.165. The summed E-state index contributed by atoms with van der Waals surface area (Å²) in [6, 6.07) is 4.57. The predicted octanol–water partition coefficient (Wildman–Crippen LogP) is 1.91. The molecule has 0 heterocycles. The van der Waals surface area contributed by atoms with E-state index in [0.29, 0.717) is 12.1 Å². The van der Waals surface area contributed by atoms with Gasteiger partial charge in [0.25, 0.3) is 0 Å². The molecule has 0 aliphatic heterocycles. The second-order valence-electron chi connectivity index (χ2n) is 4.59. The SMILES string of the molecule is CCN(CCS(=O)(=O)CC(=O)O)Cc1cc(Br)ccc1F. The lowest BCUT2D eigenvalue weighted by atomic mass is 10.2. The summed E-state index contributed by atoms with van der Waals surface area (Å²) < 4.78 is 37.5. The molecule has 0 fully saturated rings. The van der Waals surface area contributed by atoms with E-state index in [2.05, 4.69) is 15.9 Å². The van der Waals surface area contributed by atoms with Crippen LogP contribution in [-0.4, -0.2) is 49.0 Å². The summed E-state index contributed by atoms with van der Waals surface area (Å²) in [5.41, 5.74) is 0.460. The summed E-state index contributed by atoms with van der Waals surface area (Å²) in [5.74, 6) is -2.86. The molecule has 0 unspecified atom stereocenters. The Bertz CT molecular complexity index is 606. The van der Waals surface area contributed by atoms with E-state index in [4.69, 9.17) is 5.11 Å². The number of hydrogen-bond acceptors (Lipinski definition) is 4. The van der Waals surface area contributed by atoms with Gasteiger partial charge in [-0.1, -0.05) is 22.9 Å². The van der Waals surface area contributed by atoms with E-state index in [0.717, 1.165) is 4.47 Å². The molecule has 1 aromatic carbocycles. The van der Waals surface area contributed by atoms with Crippen molar-refractivity contribution >= 4 is 31.7 Å². The van der Waals surface area contributed by atoms with Gasteiger partial charge in [0.2, 0.25) is 0 Å².